The lowest BCUT2D eigenvalue weighted by Gasteiger charge is -2.17. The van der Waals surface area contributed by atoms with Gasteiger partial charge in [0.05, 0.1) is 12.2 Å². The van der Waals surface area contributed by atoms with E-state index in [-0.39, 0.29) is 24.7 Å². The van der Waals surface area contributed by atoms with Crippen molar-refractivity contribution in [1.82, 2.24) is 10.5 Å². The Labute approximate surface area is 152 Å². The summed E-state index contributed by atoms with van der Waals surface area (Å²) in [5, 5.41) is 6.49. The first kappa shape index (κ1) is 17.9. The van der Waals surface area contributed by atoms with Gasteiger partial charge in [-0.05, 0) is 33.8 Å². The van der Waals surface area contributed by atoms with Crippen LogP contribution in [0.4, 0.5) is 0 Å². The number of rotatable bonds is 4. The first-order valence-electron chi connectivity index (χ1n) is 8.48. The molecule has 0 radical (unpaired) electrons. The predicted molar refractivity (Wildman–Crippen MR) is 96.4 cm³/mol. The van der Waals surface area contributed by atoms with Gasteiger partial charge in [0.1, 0.15) is 23.5 Å². The number of nitrogens with one attached hydrogen (secondary N) is 1. The molecule has 6 nitrogen and oxygen atoms in total. The Kier molecular flexibility index (Phi) is 4.90. The van der Waals surface area contributed by atoms with Gasteiger partial charge in [0, 0.05) is 12.0 Å². The number of nitrogens with zero attached hydrogens (tertiary/aromatic N) is 1. The number of ether oxygens (including phenoxy) is 2. The molecule has 1 aromatic heterocycles. The minimum Gasteiger partial charge on any atom is -0.483 e. The molecule has 0 fully saturated rings. The number of aryl methyl sites for hydroxylation is 2. The monoisotopic (exact) mass is 354 g/mol. The molecule has 0 bridgehead atoms. The minimum absolute atomic E-state index is 0.212. The molecule has 0 saturated carbocycles. The molecule has 26 heavy (non-hydrogen) atoms. The van der Waals surface area contributed by atoms with Gasteiger partial charge in [-0.15, -0.1) is 0 Å². The highest BCUT2D eigenvalue weighted by Gasteiger charge is 2.32. The molecule has 1 aliphatic heterocycles. The Bertz CT molecular complexity index is 867. The van der Waals surface area contributed by atoms with Crippen molar-refractivity contribution in [1.29, 1.82) is 0 Å². The number of para-hydroxylation sites is 1. The summed E-state index contributed by atoms with van der Waals surface area (Å²) in [7, 11) is 0. The second kappa shape index (κ2) is 7.12. The van der Waals surface area contributed by atoms with Crippen molar-refractivity contribution in [3.05, 3.63) is 40.8 Å². The van der Waals surface area contributed by atoms with E-state index in [0.29, 0.717) is 22.8 Å². The average molecular weight is 354 g/mol. The first-order valence-corrected chi connectivity index (χ1v) is 8.48. The van der Waals surface area contributed by atoms with E-state index in [4.69, 9.17) is 14.0 Å². The zero-order chi connectivity index (χ0) is 18.7. The van der Waals surface area contributed by atoms with Gasteiger partial charge in [-0.25, -0.2) is 0 Å². The maximum Gasteiger partial charge on any atom is 0.257 e. The van der Waals surface area contributed by atoms with Crippen LogP contribution in [-0.2, 0) is 6.42 Å². The molecule has 1 N–H and O–H groups in total. The SMILES string of the molecule is Cc1noc(C)c1C(=O)NCC#CCOc1cccc2c1OC(C)(C)C2. The maximum absolute atomic E-state index is 12.1. The Morgan fingerprint density at radius 2 is 2.15 bits per heavy atom. The van der Waals surface area contributed by atoms with Gasteiger partial charge in [0.15, 0.2) is 11.5 Å². The Hall–Kier alpha value is -2.94. The number of hydrogen-bond acceptors (Lipinski definition) is 5. The Balaban J connectivity index is 1.50. The molecule has 0 atom stereocenters. The van der Waals surface area contributed by atoms with Gasteiger partial charge in [-0.1, -0.05) is 29.1 Å². The number of carbonyl (C=O) groups excluding carboxylic acids is 1. The molecule has 136 valence electrons. The fourth-order valence-corrected chi connectivity index (χ4v) is 2.95. The number of aromatic nitrogens is 1. The van der Waals surface area contributed by atoms with Crippen molar-refractivity contribution >= 4 is 5.91 Å². The lowest BCUT2D eigenvalue weighted by Crippen LogP contribution is -2.24. The molecule has 1 aromatic carbocycles. The molecular formula is C20H22N2O4. The number of benzene rings is 1. The van der Waals surface area contributed by atoms with Crippen LogP contribution in [0.5, 0.6) is 11.5 Å². The van der Waals surface area contributed by atoms with Gasteiger partial charge in [0.2, 0.25) is 0 Å². The quantitative estimate of drug-likeness (QED) is 0.855. The summed E-state index contributed by atoms with van der Waals surface area (Å²) in [6, 6.07) is 5.88. The van der Waals surface area contributed by atoms with Crippen LogP contribution in [-0.4, -0.2) is 29.8 Å². The summed E-state index contributed by atoms with van der Waals surface area (Å²) in [6.07, 6.45) is 0.860. The third kappa shape index (κ3) is 3.83. The largest absolute Gasteiger partial charge is 0.483 e. The van der Waals surface area contributed by atoms with Crippen LogP contribution in [0.1, 0.15) is 41.2 Å². The smallest absolute Gasteiger partial charge is 0.257 e. The standard InChI is InChI=1S/C20H22N2O4/c1-13-17(14(2)26-22-13)19(23)21-10-5-6-11-24-16-9-7-8-15-12-20(3,4)25-18(15)16/h7-9H,10-12H2,1-4H3,(H,21,23). The average Bonchev–Trinajstić information content (AvgIpc) is 3.08. The number of hydrogen-bond donors (Lipinski definition) is 1. The highest BCUT2D eigenvalue weighted by Crippen LogP contribution is 2.41. The van der Waals surface area contributed by atoms with Crippen molar-refractivity contribution in [3.63, 3.8) is 0 Å². The second-order valence-electron chi connectivity index (χ2n) is 6.81. The number of carbonyl (C=O) groups is 1. The van der Waals surface area contributed by atoms with Crippen LogP contribution in [0.3, 0.4) is 0 Å². The van der Waals surface area contributed by atoms with Crippen LogP contribution >= 0.6 is 0 Å². The van der Waals surface area contributed by atoms with Gasteiger partial charge in [-0.3, -0.25) is 4.79 Å². The van der Waals surface area contributed by atoms with E-state index in [0.717, 1.165) is 17.7 Å². The van der Waals surface area contributed by atoms with Crippen LogP contribution in [0.15, 0.2) is 22.7 Å². The zero-order valence-electron chi connectivity index (χ0n) is 15.4. The van der Waals surface area contributed by atoms with Crippen LogP contribution in [0.25, 0.3) is 0 Å². The Morgan fingerprint density at radius 1 is 1.35 bits per heavy atom. The van der Waals surface area contributed by atoms with Crippen molar-refractivity contribution in [2.75, 3.05) is 13.2 Å². The molecule has 1 amide bonds. The van der Waals surface area contributed by atoms with Crippen LogP contribution in [0, 0.1) is 25.7 Å². The molecule has 0 aliphatic carbocycles. The van der Waals surface area contributed by atoms with E-state index < -0.39 is 0 Å². The van der Waals surface area contributed by atoms with Crippen molar-refractivity contribution in [2.24, 2.45) is 0 Å². The van der Waals surface area contributed by atoms with E-state index in [1.54, 1.807) is 13.8 Å². The summed E-state index contributed by atoms with van der Waals surface area (Å²) in [5.41, 5.74) is 1.96. The van der Waals surface area contributed by atoms with E-state index >= 15 is 0 Å². The van der Waals surface area contributed by atoms with Gasteiger partial charge in [0.25, 0.3) is 5.91 Å². The fraction of sp³-hybridized carbons (Fsp3) is 0.400. The molecule has 3 rings (SSSR count). The molecule has 2 aromatic rings. The highest BCUT2D eigenvalue weighted by molar-refractivity contribution is 5.96. The summed E-state index contributed by atoms with van der Waals surface area (Å²) >= 11 is 0. The summed E-state index contributed by atoms with van der Waals surface area (Å²) in [6.45, 7) is 7.99. The van der Waals surface area contributed by atoms with Crippen LogP contribution < -0.4 is 14.8 Å². The molecule has 6 heteroatoms. The summed E-state index contributed by atoms with van der Waals surface area (Å²) in [4.78, 5) is 12.1. The lowest BCUT2D eigenvalue weighted by molar-refractivity contribution is 0.0956. The minimum atomic E-state index is -0.243. The van der Waals surface area contributed by atoms with Gasteiger partial charge < -0.3 is 19.3 Å². The van der Waals surface area contributed by atoms with Gasteiger partial charge in [-0.2, -0.15) is 0 Å². The predicted octanol–water partition coefficient (Wildman–Crippen LogP) is 2.82. The Morgan fingerprint density at radius 3 is 2.88 bits per heavy atom. The molecule has 0 spiro atoms. The second-order valence-corrected chi connectivity index (χ2v) is 6.81. The van der Waals surface area contributed by atoms with Crippen molar-refractivity contribution < 1.29 is 18.8 Å². The third-order valence-corrected chi connectivity index (χ3v) is 4.08. The molecular weight excluding hydrogens is 332 g/mol. The van der Waals surface area contributed by atoms with Crippen LogP contribution in [0.2, 0.25) is 0 Å². The molecule has 2 heterocycles. The van der Waals surface area contributed by atoms with E-state index in [1.165, 1.54) is 0 Å². The molecule has 1 aliphatic rings. The third-order valence-electron chi connectivity index (χ3n) is 4.08. The first-order chi connectivity index (χ1) is 12.4. The van der Waals surface area contributed by atoms with E-state index in [1.807, 2.05) is 18.2 Å². The van der Waals surface area contributed by atoms with E-state index in [9.17, 15) is 4.79 Å². The molecule has 0 unspecified atom stereocenters. The highest BCUT2D eigenvalue weighted by atomic mass is 16.5. The topological polar surface area (TPSA) is 73.6 Å². The van der Waals surface area contributed by atoms with Gasteiger partial charge >= 0.3 is 0 Å². The van der Waals surface area contributed by atoms with Crippen molar-refractivity contribution in [3.8, 4) is 23.3 Å². The van der Waals surface area contributed by atoms with E-state index in [2.05, 4.69) is 36.2 Å². The number of fused-ring (bicyclic) bond motifs is 1. The number of amides is 1. The molecule has 0 saturated heterocycles. The lowest BCUT2D eigenvalue weighted by atomic mass is 10.0. The summed E-state index contributed by atoms with van der Waals surface area (Å²) in [5.74, 6) is 7.52. The summed E-state index contributed by atoms with van der Waals surface area (Å²) < 4.78 is 16.7. The zero-order valence-corrected chi connectivity index (χ0v) is 15.4. The maximum atomic E-state index is 12.1. The fourth-order valence-electron chi connectivity index (χ4n) is 2.95. The van der Waals surface area contributed by atoms with Crippen molar-refractivity contribution in [2.45, 2.75) is 39.7 Å². The normalized spacial score (nSPS) is 14.0.